The summed E-state index contributed by atoms with van der Waals surface area (Å²) >= 11 is 0. The van der Waals surface area contributed by atoms with Crippen LogP contribution in [0.2, 0.25) is 0 Å². The van der Waals surface area contributed by atoms with E-state index in [-0.39, 0.29) is 23.8 Å². The van der Waals surface area contributed by atoms with Crippen molar-refractivity contribution in [3.05, 3.63) is 30.1 Å². The summed E-state index contributed by atoms with van der Waals surface area (Å²) in [5.41, 5.74) is 1.09. The summed E-state index contributed by atoms with van der Waals surface area (Å²) in [4.78, 5) is 28.0. The van der Waals surface area contributed by atoms with Gasteiger partial charge in [0.05, 0.1) is 13.0 Å². The van der Waals surface area contributed by atoms with Gasteiger partial charge in [0.15, 0.2) is 0 Å². The van der Waals surface area contributed by atoms with E-state index in [2.05, 4.69) is 10.3 Å². The molecule has 1 fully saturated rings. The molecule has 0 saturated heterocycles. The Morgan fingerprint density at radius 1 is 1.23 bits per heavy atom. The number of esters is 1. The molecule has 2 atom stereocenters. The van der Waals surface area contributed by atoms with Crippen LogP contribution < -0.4 is 5.32 Å². The maximum atomic E-state index is 12.2. The molecule has 1 heterocycles. The molecule has 1 saturated carbocycles. The Morgan fingerprint density at radius 2 is 1.95 bits per heavy atom. The van der Waals surface area contributed by atoms with Crippen molar-refractivity contribution in [1.82, 2.24) is 10.3 Å². The molecule has 0 aromatic carbocycles. The Morgan fingerprint density at radius 3 is 2.68 bits per heavy atom. The number of nitrogens with one attached hydrogen (secondary N) is 1. The number of pyridine rings is 1. The van der Waals surface area contributed by atoms with E-state index in [1.165, 1.54) is 7.11 Å². The van der Waals surface area contributed by atoms with Gasteiger partial charge in [-0.05, 0) is 37.0 Å². The van der Waals surface area contributed by atoms with Gasteiger partial charge < -0.3 is 10.1 Å². The first-order valence-corrected chi connectivity index (χ1v) is 7.97. The topological polar surface area (TPSA) is 68.3 Å². The van der Waals surface area contributed by atoms with Crippen molar-refractivity contribution in [1.29, 1.82) is 0 Å². The van der Waals surface area contributed by atoms with Crippen molar-refractivity contribution in [3.63, 3.8) is 0 Å². The SMILES string of the molecule is COC(=O)[C@@H]1CCCCC[C@@H]1NC(=O)CCc1ccncc1. The number of rotatable bonds is 5. The summed E-state index contributed by atoms with van der Waals surface area (Å²) in [7, 11) is 1.41. The zero-order chi connectivity index (χ0) is 15.8. The fourth-order valence-corrected chi connectivity index (χ4v) is 3.00. The Balaban J connectivity index is 1.88. The number of hydrogen-bond acceptors (Lipinski definition) is 4. The molecular weight excluding hydrogens is 280 g/mol. The summed E-state index contributed by atoms with van der Waals surface area (Å²) < 4.78 is 4.89. The molecule has 5 nitrogen and oxygen atoms in total. The highest BCUT2D eigenvalue weighted by Gasteiger charge is 2.31. The van der Waals surface area contributed by atoms with E-state index in [0.717, 1.165) is 37.7 Å². The molecule has 22 heavy (non-hydrogen) atoms. The molecule has 0 unspecified atom stereocenters. The van der Waals surface area contributed by atoms with Gasteiger partial charge in [-0.3, -0.25) is 14.6 Å². The predicted octanol–water partition coefficient (Wildman–Crippen LogP) is 2.25. The van der Waals surface area contributed by atoms with E-state index in [1.807, 2.05) is 12.1 Å². The summed E-state index contributed by atoms with van der Waals surface area (Å²) in [5, 5.41) is 3.04. The lowest BCUT2D eigenvalue weighted by Gasteiger charge is -2.24. The summed E-state index contributed by atoms with van der Waals surface area (Å²) in [6.07, 6.45) is 9.38. The minimum atomic E-state index is -0.211. The van der Waals surface area contributed by atoms with Crippen molar-refractivity contribution >= 4 is 11.9 Å². The second-order valence-electron chi connectivity index (χ2n) is 5.80. The molecule has 1 aromatic heterocycles. The first-order valence-electron chi connectivity index (χ1n) is 7.97. The largest absolute Gasteiger partial charge is 0.469 e. The smallest absolute Gasteiger partial charge is 0.310 e. The maximum absolute atomic E-state index is 12.2. The van der Waals surface area contributed by atoms with Gasteiger partial charge in [-0.15, -0.1) is 0 Å². The van der Waals surface area contributed by atoms with Gasteiger partial charge in [-0.2, -0.15) is 0 Å². The molecule has 5 heteroatoms. The van der Waals surface area contributed by atoms with Gasteiger partial charge in [0.25, 0.3) is 0 Å². The third kappa shape index (κ3) is 4.83. The van der Waals surface area contributed by atoms with Crippen molar-refractivity contribution in [2.24, 2.45) is 5.92 Å². The van der Waals surface area contributed by atoms with E-state index in [4.69, 9.17) is 4.74 Å². The van der Waals surface area contributed by atoms with Gasteiger partial charge in [0.2, 0.25) is 5.91 Å². The van der Waals surface area contributed by atoms with E-state index in [9.17, 15) is 9.59 Å². The third-order valence-corrected chi connectivity index (χ3v) is 4.26. The van der Waals surface area contributed by atoms with Crippen LogP contribution in [0, 0.1) is 5.92 Å². The lowest BCUT2D eigenvalue weighted by molar-refractivity contribution is -0.147. The summed E-state index contributed by atoms with van der Waals surface area (Å²) in [6, 6.07) is 3.73. The van der Waals surface area contributed by atoms with Gasteiger partial charge in [0, 0.05) is 24.9 Å². The number of carbonyl (C=O) groups excluding carboxylic acids is 2. The van der Waals surface area contributed by atoms with E-state index >= 15 is 0 Å². The molecule has 1 aliphatic carbocycles. The predicted molar refractivity (Wildman–Crippen MR) is 83.1 cm³/mol. The number of methoxy groups -OCH3 is 1. The van der Waals surface area contributed by atoms with Crippen LogP contribution in [0.3, 0.4) is 0 Å². The molecule has 0 bridgehead atoms. The molecule has 0 radical (unpaired) electrons. The van der Waals surface area contributed by atoms with Crippen LogP contribution in [0.25, 0.3) is 0 Å². The summed E-state index contributed by atoms with van der Waals surface area (Å²) in [6.45, 7) is 0. The van der Waals surface area contributed by atoms with Gasteiger partial charge in [-0.1, -0.05) is 19.3 Å². The lowest BCUT2D eigenvalue weighted by atomic mass is 9.94. The van der Waals surface area contributed by atoms with Crippen LogP contribution in [-0.4, -0.2) is 30.0 Å². The quantitative estimate of drug-likeness (QED) is 0.669. The normalized spacial score (nSPS) is 21.7. The van der Waals surface area contributed by atoms with Crippen LogP contribution in [0.5, 0.6) is 0 Å². The number of nitrogens with zero attached hydrogens (tertiary/aromatic N) is 1. The molecule has 1 N–H and O–H groups in total. The molecule has 0 spiro atoms. The Labute approximate surface area is 131 Å². The van der Waals surface area contributed by atoms with Crippen LogP contribution in [0.15, 0.2) is 24.5 Å². The van der Waals surface area contributed by atoms with Crippen LogP contribution in [-0.2, 0) is 20.7 Å². The first-order chi connectivity index (χ1) is 10.7. The first kappa shape index (κ1) is 16.5. The standard InChI is InChI=1S/C17H24N2O3/c1-22-17(21)14-5-3-2-4-6-15(14)19-16(20)8-7-13-9-11-18-12-10-13/h9-12,14-15H,2-8H2,1H3,(H,19,20)/t14-,15+/m1/s1. The molecule has 2 rings (SSSR count). The molecule has 120 valence electrons. The minimum Gasteiger partial charge on any atom is -0.469 e. The van der Waals surface area contributed by atoms with Crippen LogP contribution in [0.1, 0.15) is 44.1 Å². The number of carbonyl (C=O) groups is 2. The fourth-order valence-electron chi connectivity index (χ4n) is 3.00. The van der Waals surface area contributed by atoms with Crippen LogP contribution >= 0.6 is 0 Å². The number of amides is 1. The monoisotopic (exact) mass is 304 g/mol. The van der Waals surface area contributed by atoms with Crippen molar-refractivity contribution in [3.8, 4) is 0 Å². The van der Waals surface area contributed by atoms with E-state index < -0.39 is 0 Å². The zero-order valence-corrected chi connectivity index (χ0v) is 13.1. The fraction of sp³-hybridized carbons (Fsp3) is 0.588. The Hall–Kier alpha value is -1.91. The van der Waals surface area contributed by atoms with Crippen LogP contribution in [0.4, 0.5) is 0 Å². The average Bonchev–Trinajstić information content (AvgIpc) is 2.78. The van der Waals surface area contributed by atoms with E-state index in [0.29, 0.717) is 12.8 Å². The minimum absolute atomic E-state index is 0.00221. The second kappa shape index (κ2) is 8.51. The molecule has 1 aromatic rings. The lowest BCUT2D eigenvalue weighted by Crippen LogP contribution is -2.43. The molecule has 0 aliphatic heterocycles. The highest BCUT2D eigenvalue weighted by Crippen LogP contribution is 2.24. The number of aryl methyl sites for hydroxylation is 1. The third-order valence-electron chi connectivity index (χ3n) is 4.26. The van der Waals surface area contributed by atoms with Gasteiger partial charge in [0.1, 0.15) is 0 Å². The Bertz CT molecular complexity index is 490. The van der Waals surface area contributed by atoms with Gasteiger partial charge >= 0.3 is 5.97 Å². The van der Waals surface area contributed by atoms with Crippen molar-refractivity contribution < 1.29 is 14.3 Å². The molecule has 1 amide bonds. The van der Waals surface area contributed by atoms with Crippen molar-refractivity contribution in [2.45, 2.75) is 51.0 Å². The zero-order valence-electron chi connectivity index (χ0n) is 13.1. The number of hydrogen-bond donors (Lipinski definition) is 1. The van der Waals surface area contributed by atoms with Gasteiger partial charge in [-0.25, -0.2) is 0 Å². The average molecular weight is 304 g/mol. The van der Waals surface area contributed by atoms with E-state index in [1.54, 1.807) is 12.4 Å². The Kier molecular flexibility index (Phi) is 6.37. The summed E-state index contributed by atoms with van der Waals surface area (Å²) in [5.74, 6) is -0.420. The van der Waals surface area contributed by atoms with Crippen molar-refractivity contribution in [2.75, 3.05) is 7.11 Å². The highest BCUT2D eigenvalue weighted by atomic mass is 16.5. The molecular formula is C17H24N2O3. The molecule has 1 aliphatic rings. The highest BCUT2D eigenvalue weighted by molar-refractivity contribution is 5.78. The maximum Gasteiger partial charge on any atom is 0.310 e. The second-order valence-corrected chi connectivity index (χ2v) is 5.80. The number of aromatic nitrogens is 1. The number of ether oxygens (including phenoxy) is 1.